The first kappa shape index (κ1) is 21.2. The van der Waals surface area contributed by atoms with Gasteiger partial charge < -0.3 is 20.3 Å². The Morgan fingerprint density at radius 2 is 1.74 bits per heavy atom. The molecule has 0 amide bonds. The molecule has 3 N–H and O–H groups in total. The lowest BCUT2D eigenvalue weighted by Crippen LogP contribution is -2.38. The average Bonchev–Trinajstić information content (AvgIpc) is 3.00. The van der Waals surface area contributed by atoms with Crippen LogP contribution in [0.4, 0.5) is 5.95 Å². The van der Waals surface area contributed by atoms with Crippen molar-refractivity contribution in [2.24, 2.45) is 14.1 Å². The molecular formula is C18H32N6O3. The molecule has 1 atom stereocenters. The van der Waals surface area contributed by atoms with Gasteiger partial charge in [0.05, 0.1) is 12.6 Å². The van der Waals surface area contributed by atoms with Crippen LogP contribution in [0.2, 0.25) is 0 Å². The van der Waals surface area contributed by atoms with E-state index in [1.165, 1.54) is 11.6 Å². The number of nitrogens with zero attached hydrogens (tertiary/aromatic N) is 4. The molecular weight excluding hydrogens is 348 g/mol. The molecule has 2 aromatic heterocycles. The summed E-state index contributed by atoms with van der Waals surface area (Å²) >= 11 is 0. The van der Waals surface area contributed by atoms with Crippen LogP contribution in [0.25, 0.3) is 11.2 Å². The van der Waals surface area contributed by atoms with Crippen molar-refractivity contribution in [3.63, 3.8) is 0 Å². The maximum absolute atomic E-state index is 12.7. The standard InChI is InChI=1S/C18H32N6O3/c1-5-7-9-19-11-13(25)12-24-14-15(21-17(24)20-10-8-6-2)22(3)18(27)23(4)16(14)26/h13,19,25H,5-12H2,1-4H3,(H,20,21). The maximum atomic E-state index is 12.7. The van der Waals surface area contributed by atoms with Gasteiger partial charge in [0, 0.05) is 27.2 Å². The van der Waals surface area contributed by atoms with E-state index in [1.807, 2.05) is 0 Å². The third-order valence-electron chi connectivity index (χ3n) is 4.64. The summed E-state index contributed by atoms with van der Waals surface area (Å²) in [6.07, 6.45) is 3.45. The SMILES string of the molecule is CCCCNCC(O)Cn1c(NCCCC)nc2c1c(=O)n(C)c(=O)n2C. The van der Waals surface area contributed by atoms with Crippen molar-refractivity contribution < 1.29 is 5.11 Å². The van der Waals surface area contributed by atoms with Crippen molar-refractivity contribution in [3.8, 4) is 0 Å². The first-order chi connectivity index (χ1) is 12.9. The van der Waals surface area contributed by atoms with E-state index in [0.29, 0.717) is 30.2 Å². The lowest BCUT2D eigenvalue weighted by Gasteiger charge is -2.16. The van der Waals surface area contributed by atoms with Crippen molar-refractivity contribution in [3.05, 3.63) is 20.8 Å². The molecule has 0 spiro atoms. The molecule has 1 unspecified atom stereocenters. The molecule has 2 heterocycles. The maximum Gasteiger partial charge on any atom is 0.332 e. The highest BCUT2D eigenvalue weighted by Gasteiger charge is 2.20. The zero-order valence-electron chi connectivity index (χ0n) is 16.8. The number of aromatic nitrogens is 4. The average molecular weight is 380 g/mol. The molecule has 0 fully saturated rings. The van der Waals surface area contributed by atoms with Gasteiger partial charge in [0.25, 0.3) is 5.56 Å². The number of hydrogen-bond donors (Lipinski definition) is 3. The van der Waals surface area contributed by atoms with Crippen LogP contribution in [0, 0.1) is 0 Å². The Kier molecular flexibility index (Phi) is 7.61. The van der Waals surface area contributed by atoms with Gasteiger partial charge in [-0.05, 0) is 19.4 Å². The molecule has 0 aromatic carbocycles. The Morgan fingerprint density at radius 3 is 2.41 bits per heavy atom. The van der Waals surface area contributed by atoms with Crippen LogP contribution in [-0.2, 0) is 20.6 Å². The molecule has 0 radical (unpaired) electrons. The molecule has 27 heavy (non-hydrogen) atoms. The van der Waals surface area contributed by atoms with E-state index in [1.54, 1.807) is 11.6 Å². The normalized spacial score (nSPS) is 12.6. The van der Waals surface area contributed by atoms with Gasteiger partial charge in [-0.25, -0.2) is 4.79 Å². The number of aliphatic hydroxyl groups is 1. The molecule has 0 aliphatic rings. The highest BCUT2D eigenvalue weighted by atomic mass is 16.3. The van der Waals surface area contributed by atoms with Crippen LogP contribution in [0.1, 0.15) is 39.5 Å². The zero-order chi connectivity index (χ0) is 20.0. The number of unbranched alkanes of at least 4 members (excludes halogenated alkanes) is 2. The van der Waals surface area contributed by atoms with Gasteiger partial charge >= 0.3 is 5.69 Å². The van der Waals surface area contributed by atoms with E-state index in [9.17, 15) is 14.7 Å². The van der Waals surface area contributed by atoms with E-state index in [0.717, 1.165) is 36.8 Å². The molecule has 0 aliphatic heterocycles. The molecule has 0 bridgehead atoms. The smallest absolute Gasteiger partial charge is 0.332 e. The minimum absolute atomic E-state index is 0.220. The van der Waals surface area contributed by atoms with Gasteiger partial charge in [-0.2, -0.15) is 4.98 Å². The summed E-state index contributed by atoms with van der Waals surface area (Å²) in [6.45, 7) is 6.41. The summed E-state index contributed by atoms with van der Waals surface area (Å²) in [6, 6.07) is 0. The molecule has 2 rings (SSSR count). The van der Waals surface area contributed by atoms with Crippen LogP contribution < -0.4 is 21.9 Å². The number of imidazole rings is 1. The lowest BCUT2D eigenvalue weighted by atomic mass is 10.3. The molecule has 0 saturated heterocycles. The second kappa shape index (κ2) is 9.70. The molecule has 9 nitrogen and oxygen atoms in total. The minimum atomic E-state index is -0.673. The van der Waals surface area contributed by atoms with Crippen LogP contribution in [0.15, 0.2) is 9.59 Å². The molecule has 9 heteroatoms. The third-order valence-corrected chi connectivity index (χ3v) is 4.64. The van der Waals surface area contributed by atoms with Gasteiger partial charge in [-0.1, -0.05) is 26.7 Å². The summed E-state index contributed by atoms with van der Waals surface area (Å²) in [5.74, 6) is 0.504. The Bertz CT molecular complexity index is 867. The number of fused-ring (bicyclic) bond motifs is 1. The number of nitrogens with one attached hydrogen (secondary N) is 2. The number of hydrogen-bond acceptors (Lipinski definition) is 6. The summed E-state index contributed by atoms with van der Waals surface area (Å²) in [4.78, 5) is 29.4. The first-order valence-corrected chi connectivity index (χ1v) is 9.71. The molecule has 0 saturated carbocycles. The van der Waals surface area contributed by atoms with E-state index in [-0.39, 0.29) is 6.54 Å². The van der Waals surface area contributed by atoms with E-state index in [4.69, 9.17) is 0 Å². The Balaban J connectivity index is 2.39. The van der Waals surface area contributed by atoms with Crippen LogP contribution in [-0.4, -0.2) is 49.5 Å². The lowest BCUT2D eigenvalue weighted by molar-refractivity contribution is 0.153. The largest absolute Gasteiger partial charge is 0.390 e. The van der Waals surface area contributed by atoms with Crippen molar-refractivity contribution in [2.45, 2.75) is 52.2 Å². The van der Waals surface area contributed by atoms with Gasteiger partial charge in [0.15, 0.2) is 11.2 Å². The third kappa shape index (κ3) is 4.78. The second-order valence-corrected chi connectivity index (χ2v) is 6.92. The predicted octanol–water partition coefficient (Wildman–Crippen LogP) is 0.396. The topological polar surface area (TPSA) is 106 Å². The molecule has 2 aromatic rings. The number of aryl methyl sites for hydroxylation is 1. The Morgan fingerprint density at radius 1 is 1.07 bits per heavy atom. The van der Waals surface area contributed by atoms with Crippen molar-refractivity contribution in [1.29, 1.82) is 0 Å². The quantitative estimate of drug-likeness (QED) is 0.487. The van der Waals surface area contributed by atoms with Crippen LogP contribution in [0.3, 0.4) is 0 Å². The molecule has 152 valence electrons. The van der Waals surface area contributed by atoms with Gasteiger partial charge in [0.1, 0.15) is 0 Å². The fraction of sp³-hybridized carbons (Fsp3) is 0.722. The fourth-order valence-corrected chi connectivity index (χ4v) is 2.98. The number of anilines is 1. The van der Waals surface area contributed by atoms with E-state index >= 15 is 0 Å². The summed E-state index contributed by atoms with van der Waals surface area (Å²) in [5, 5.41) is 16.9. The summed E-state index contributed by atoms with van der Waals surface area (Å²) in [7, 11) is 3.05. The van der Waals surface area contributed by atoms with E-state index < -0.39 is 17.4 Å². The predicted molar refractivity (Wildman–Crippen MR) is 107 cm³/mol. The monoisotopic (exact) mass is 380 g/mol. The van der Waals surface area contributed by atoms with Gasteiger partial charge in [-0.15, -0.1) is 0 Å². The van der Waals surface area contributed by atoms with Crippen LogP contribution in [0.5, 0.6) is 0 Å². The fourth-order valence-electron chi connectivity index (χ4n) is 2.98. The van der Waals surface area contributed by atoms with E-state index in [2.05, 4.69) is 29.5 Å². The van der Waals surface area contributed by atoms with Gasteiger partial charge in [-0.3, -0.25) is 13.9 Å². The first-order valence-electron chi connectivity index (χ1n) is 9.71. The number of rotatable bonds is 11. The number of aliphatic hydroxyl groups excluding tert-OH is 1. The minimum Gasteiger partial charge on any atom is -0.390 e. The molecule has 0 aliphatic carbocycles. The highest BCUT2D eigenvalue weighted by Crippen LogP contribution is 2.16. The van der Waals surface area contributed by atoms with Crippen molar-refractivity contribution >= 4 is 17.1 Å². The highest BCUT2D eigenvalue weighted by molar-refractivity contribution is 5.74. The second-order valence-electron chi connectivity index (χ2n) is 6.92. The Labute approximate surface area is 159 Å². The van der Waals surface area contributed by atoms with Crippen LogP contribution >= 0.6 is 0 Å². The Hall–Kier alpha value is -2.13. The van der Waals surface area contributed by atoms with Crippen molar-refractivity contribution in [2.75, 3.05) is 25.0 Å². The zero-order valence-corrected chi connectivity index (χ0v) is 16.8. The summed E-state index contributed by atoms with van der Waals surface area (Å²) in [5.41, 5.74) is -0.172. The van der Waals surface area contributed by atoms with Gasteiger partial charge in [0.2, 0.25) is 5.95 Å². The van der Waals surface area contributed by atoms with Crippen molar-refractivity contribution in [1.82, 2.24) is 24.0 Å². The summed E-state index contributed by atoms with van der Waals surface area (Å²) < 4.78 is 4.13.